The second-order valence-electron chi connectivity index (χ2n) is 5.16. The Morgan fingerprint density at radius 1 is 1.35 bits per heavy atom. The van der Waals surface area contributed by atoms with Gasteiger partial charge in [-0.15, -0.1) is 11.3 Å². The van der Waals surface area contributed by atoms with E-state index < -0.39 is 11.9 Å². The number of hydrogen-bond acceptors (Lipinski definition) is 4. The molecule has 1 aliphatic rings. The van der Waals surface area contributed by atoms with Crippen molar-refractivity contribution in [1.82, 2.24) is 10.1 Å². The SMILES string of the molecule is Cc1c(-c2ccc(C(=O)N3CC=CCC3)s2)noc1C(F)(F)F. The molecule has 0 unspecified atom stereocenters. The number of alkyl halides is 3. The third-order valence-corrected chi connectivity index (χ3v) is 4.66. The van der Waals surface area contributed by atoms with Crippen LogP contribution in [-0.4, -0.2) is 29.1 Å². The smallest absolute Gasteiger partial charge is 0.351 e. The van der Waals surface area contributed by atoms with Crippen LogP contribution in [0.5, 0.6) is 0 Å². The predicted molar refractivity (Wildman–Crippen MR) is 79.2 cm³/mol. The summed E-state index contributed by atoms with van der Waals surface area (Å²) in [6.45, 7) is 2.50. The van der Waals surface area contributed by atoms with E-state index >= 15 is 0 Å². The Kier molecular flexibility index (Phi) is 4.01. The van der Waals surface area contributed by atoms with Gasteiger partial charge in [0, 0.05) is 18.7 Å². The lowest BCUT2D eigenvalue weighted by molar-refractivity contribution is -0.156. The van der Waals surface area contributed by atoms with Gasteiger partial charge >= 0.3 is 6.18 Å². The first kappa shape index (κ1) is 15.8. The summed E-state index contributed by atoms with van der Waals surface area (Å²) < 4.78 is 42.7. The largest absolute Gasteiger partial charge is 0.452 e. The van der Waals surface area contributed by atoms with Crippen LogP contribution in [0.25, 0.3) is 10.6 Å². The summed E-state index contributed by atoms with van der Waals surface area (Å²) in [6, 6.07) is 3.21. The molecule has 3 rings (SSSR count). The molecule has 0 bridgehead atoms. The number of halogens is 3. The summed E-state index contributed by atoms with van der Waals surface area (Å²) in [4.78, 5) is 15.0. The van der Waals surface area contributed by atoms with Crippen LogP contribution in [0, 0.1) is 6.92 Å². The number of carbonyl (C=O) groups excluding carboxylic acids is 1. The maximum absolute atomic E-state index is 12.8. The zero-order valence-electron chi connectivity index (χ0n) is 12.2. The second-order valence-corrected chi connectivity index (χ2v) is 6.24. The fourth-order valence-corrected chi connectivity index (χ4v) is 3.40. The van der Waals surface area contributed by atoms with Crippen molar-refractivity contribution in [2.45, 2.75) is 19.5 Å². The molecule has 0 spiro atoms. The molecule has 1 aliphatic heterocycles. The van der Waals surface area contributed by atoms with Gasteiger partial charge in [0.25, 0.3) is 5.91 Å². The standard InChI is InChI=1S/C15H13F3N2O2S/c1-9-12(19-22-13(9)15(16,17)18)10-5-6-11(23-10)14(21)20-7-3-2-4-8-20/h2-3,5-6H,4,7-8H2,1H3. The third kappa shape index (κ3) is 3.03. The number of hydrogen-bond donors (Lipinski definition) is 0. The monoisotopic (exact) mass is 342 g/mol. The number of aromatic nitrogens is 1. The molecule has 1 amide bonds. The van der Waals surface area contributed by atoms with Gasteiger partial charge in [0.15, 0.2) is 0 Å². The van der Waals surface area contributed by atoms with Crippen LogP contribution < -0.4 is 0 Å². The van der Waals surface area contributed by atoms with Crippen LogP contribution in [0.15, 0.2) is 28.8 Å². The minimum Gasteiger partial charge on any atom is -0.351 e. The van der Waals surface area contributed by atoms with Crippen molar-refractivity contribution in [3.05, 3.63) is 40.5 Å². The molecule has 3 heterocycles. The lowest BCUT2D eigenvalue weighted by Crippen LogP contribution is -2.33. The summed E-state index contributed by atoms with van der Waals surface area (Å²) >= 11 is 1.12. The topological polar surface area (TPSA) is 46.3 Å². The Morgan fingerprint density at radius 2 is 2.13 bits per heavy atom. The molecule has 4 nitrogen and oxygen atoms in total. The van der Waals surface area contributed by atoms with Gasteiger partial charge in [0.2, 0.25) is 5.76 Å². The molecule has 23 heavy (non-hydrogen) atoms. The number of amides is 1. The third-order valence-electron chi connectivity index (χ3n) is 3.58. The molecule has 0 radical (unpaired) electrons. The number of carbonyl (C=O) groups is 1. The lowest BCUT2D eigenvalue weighted by atomic mass is 10.2. The molecule has 0 saturated heterocycles. The highest BCUT2D eigenvalue weighted by Gasteiger charge is 2.39. The number of rotatable bonds is 2. The van der Waals surface area contributed by atoms with E-state index in [9.17, 15) is 18.0 Å². The minimum atomic E-state index is -4.58. The molecule has 0 atom stereocenters. The van der Waals surface area contributed by atoms with Crippen molar-refractivity contribution < 1.29 is 22.5 Å². The number of nitrogens with zero attached hydrogens (tertiary/aromatic N) is 2. The van der Waals surface area contributed by atoms with Gasteiger partial charge in [-0.3, -0.25) is 4.79 Å². The van der Waals surface area contributed by atoms with Gasteiger partial charge in [0.05, 0.1) is 9.75 Å². The fourth-order valence-electron chi connectivity index (χ4n) is 2.39. The molecule has 8 heteroatoms. The summed E-state index contributed by atoms with van der Waals surface area (Å²) in [6.07, 6.45) is 0.168. The Morgan fingerprint density at radius 3 is 2.74 bits per heavy atom. The van der Waals surface area contributed by atoms with Gasteiger partial charge in [-0.05, 0) is 25.5 Å². The van der Waals surface area contributed by atoms with Gasteiger partial charge in [-0.2, -0.15) is 13.2 Å². The molecular formula is C15H13F3N2O2S. The van der Waals surface area contributed by atoms with Crippen molar-refractivity contribution in [3.63, 3.8) is 0 Å². The Bertz CT molecular complexity index is 761. The average molecular weight is 342 g/mol. The Labute approximate surface area is 134 Å². The zero-order valence-corrected chi connectivity index (χ0v) is 13.0. The van der Waals surface area contributed by atoms with Gasteiger partial charge in [-0.1, -0.05) is 17.3 Å². The van der Waals surface area contributed by atoms with Gasteiger partial charge in [0.1, 0.15) is 5.69 Å². The van der Waals surface area contributed by atoms with E-state index in [0.717, 1.165) is 17.8 Å². The summed E-state index contributed by atoms with van der Waals surface area (Å²) in [5.41, 5.74) is 0.0548. The van der Waals surface area contributed by atoms with Crippen molar-refractivity contribution in [2.24, 2.45) is 0 Å². The van der Waals surface area contributed by atoms with Crippen molar-refractivity contribution in [2.75, 3.05) is 13.1 Å². The Balaban J connectivity index is 1.86. The maximum atomic E-state index is 12.8. The van der Waals surface area contributed by atoms with E-state index in [1.165, 1.54) is 6.92 Å². The minimum absolute atomic E-state index is 0.0701. The Hall–Kier alpha value is -2.09. The average Bonchev–Trinajstić information content (AvgIpc) is 3.13. The fraction of sp³-hybridized carbons (Fsp3) is 0.333. The van der Waals surface area contributed by atoms with Crippen LogP contribution in [-0.2, 0) is 6.18 Å². The van der Waals surface area contributed by atoms with E-state index in [0.29, 0.717) is 22.8 Å². The van der Waals surface area contributed by atoms with Crippen molar-refractivity contribution in [3.8, 4) is 10.6 Å². The van der Waals surface area contributed by atoms with Gasteiger partial charge in [-0.25, -0.2) is 0 Å². The molecule has 122 valence electrons. The van der Waals surface area contributed by atoms with E-state index in [-0.39, 0.29) is 17.2 Å². The van der Waals surface area contributed by atoms with Gasteiger partial charge < -0.3 is 9.42 Å². The molecular weight excluding hydrogens is 329 g/mol. The molecule has 0 aliphatic carbocycles. The summed E-state index contributed by atoms with van der Waals surface area (Å²) in [7, 11) is 0. The lowest BCUT2D eigenvalue weighted by Gasteiger charge is -2.22. The normalized spacial score (nSPS) is 15.2. The van der Waals surface area contributed by atoms with E-state index in [2.05, 4.69) is 9.68 Å². The van der Waals surface area contributed by atoms with Crippen molar-refractivity contribution in [1.29, 1.82) is 0 Å². The molecule has 2 aromatic rings. The zero-order chi connectivity index (χ0) is 16.6. The van der Waals surface area contributed by atoms with Crippen LogP contribution in [0.1, 0.15) is 27.4 Å². The van der Waals surface area contributed by atoms with E-state index in [4.69, 9.17) is 0 Å². The summed E-state index contributed by atoms with van der Waals surface area (Å²) in [5, 5.41) is 3.52. The second kappa shape index (κ2) is 5.84. The first-order chi connectivity index (χ1) is 10.9. The van der Waals surface area contributed by atoms with E-state index in [1.807, 2.05) is 12.2 Å². The molecule has 0 fully saturated rings. The quantitative estimate of drug-likeness (QED) is 0.771. The highest BCUT2D eigenvalue weighted by molar-refractivity contribution is 7.17. The first-order valence-corrected chi connectivity index (χ1v) is 7.77. The van der Waals surface area contributed by atoms with Crippen LogP contribution in [0.4, 0.5) is 13.2 Å². The molecule has 0 aromatic carbocycles. The highest BCUT2D eigenvalue weighted by Crippen LogP contribution is 2.38. The highest BCUT2D eigenvalue weighted by atomic mass is 32.1. The molecule has 0 saturated carbocycles. The van der Waals surface area contributed by atoms with E-state index in [1.54, 1.807) is 17.0 Å². The molecule has 2 aromatic heterocycles. The van der Waals surface area contributed by atoms with Crippen LogP contribution >= 0.6 is 11.3 Å². The predicted octanol–water partition coefficient (Wildman–Crippen LogP) is 4.13. The summed E-state index contributed by atoms with van der Waals surface area (Å²) in [5.74, 6) is -1.22. The molecule has 0 N–H and O–H groups in total. The van der Waals surface area contributed by atoms with Crippen molar-refractivity contribution >= 4 is 17.2 Å². The maximum Gasteiger partial charge on any atom is 0.452 e. The van der Waals surface area contributed by atoms with Crippen LogP contribution in [0.2, 0.25) is 0 Å². The van der Waals surface area contributed by atoms with Crippen LogP contribution in [0.3, 0.4) is 0 Å². The first-order valence-electron chi connectivity index (χ1n) is 6.96. The number of thiophene rings is 1.